The van der Waals surface area contributed by atoms with Crippen LogP contribution in [0.1, 0.15) is 36.1 Å². The summed E-state index contributed by atoms with van der Waals surface area (Å²) in [6, 6.07) is 11.4. The number of aliphatic hydroxyl groups excluding tert-OH is 1. The van der Waals surface area contributed by atoms with Crippen LogP contribution in [-0.2, 0) is 22.6 Å². The minimum atomic E-state index is -1.36. The second-order valence-electron chi connectivity index (χ2n) is 8.72. The smallest absolute Gasteiger partial charge is 0.243 e. The van der Waals surface area contributed by atoms with Crippen molar-refractivity contribution in [3.05, 3.63) is 76.1 Å². The Kier molecular flexibility index (Phi) is 7.23. The summed E-state index contributed by atoms with van der Waals surface area (Å²) in [5, 5.41) is 22.5. The summed E-state index contributed by atoms with van der Waals surface area (Å²) in [7, 11) is 0. The monoisotopic (exact) mass is 502 g/mol. The number of amides is 2. The Bertz CT molecular complexity index is 1240. The summed E-state index contributed by atoms with van der Waals surface area (Å²) < 4.78 is 28.4. The van der Waals surface area contributed by atoms with Gasteiger partial charge in [-0.1, -0.05) is 41.9 Å². The van der Waals surface area contributed by atoms with Crippen molar-refractivity contribution in [1.82, 2.24) is 10.2 Å². The van der Waals surface area contributed by atoms with E-state index < -0.39 is 35.9 Å². The van der Waals surface area contributed by atoms with Crippen molar-refractivity contribution in [3.8, 4) is 16.9 Å². The molecule has 0 spiro atoms. The number of hydrogen-bond acceptors (Lipinski definition) is 4. The van der Waals surface area contributed by atoms with Crippen molar-refractivity contribution in [3.63, 3.8) is 0 Å². The van der Waals surface area contributed by atoms with Crippen LogP contribution in [0.15, 0.2) is 48.5 Å². The van der Waals surface area contributed by atoms with Gasteiger partial charge in [0.15, 0.2) is 0 Å². The summed E-state index contributed by atoms with van der Waals surface area (Å²) in [6.07, 6.45) is -2.44. The van der Waals surface area contributed by atoms with Gasteiger partial charge in [0.1, 0.15) is 23.8 Å². The summed E-state index contributed by atoms with van der Waals surface area (Å²) in [5.41, 5.74) is 2.73. The molecule has 184 valence electrons. The third-order valence-corrected chi connectivity index (χ3v) is 6.56. The topological polar surface area (TPSA) is 89.9 Å². The van der Waals surface area contributed by atoms with Gasteiger partial charge in [-0.3, -0.25) is 9.59 Å². The molecule has 1 aromatic rings. The zero-order chi connectivity index (χ0) is 25.3. The zero-order valence-electron chi connectivity index (χ0n) is 19.0. The quantitative estimate of drug-likeness (QED) is 0.472. The van der Waals surface area contributed by atoms with Gasteiger partial charge < -0.3 is 20.4 Å². The number of fused-ring (bicyclic) bond motifs is 1. The average Bonchev–Trinajstić information content (AvgIpc) is 3.31. The van der Waals surface area contributed by atoms with Crippen molar-refractivity contribution >= 4 is 23.4 Å². The van der Waals surface area contributed by atoms with Crippen LogP contribution in [-0.4, -0.2) is 45.7 Å². The van der Waals surface area contributed by atoms with Gasteiger partial charge in [-0.2, -0.15) is 0 Å². The maximum Gasteiger partial charge on any atom is 0.243 e. The molecule has 9 heteroatoms. The van der Waals surface area contributed by atoms with Gasteiger partial charge in [-0.15, -0.1) is 0 Å². The molecule has 1 aromatic carbocycles. The number of likely N-dealkylation sites (tertiary alicyclic amines) is 1. The molecule has 1 fully saturated rings. The van der Waals surface area contributed by atoms with Gasteiger partial charge in [0, 0.05) is 18.5 Å². The van der Waals surface area contributed by atoms with E-state index in [1.807, 2.05) is 0 Å². The van der Waals surface area contributed by atoms with Gasteiger partial charge in [-0.05, 0) is 47.4 Å². The van der Waals surface area contributed by atoms with Crippen LogP contribution in [0.3, 0.4) is 0 Å². The number of alkyl halides is 1. The number of hydrogen-bond donors (Lipinski definition) is 3. The minimum absolute atomic E-state index is 0.0303. The summed E-state index contributed by atoms with van der Waals surface area (Å²) in [6.45, 7) is 1.23. The zero-order valence-corrected chi connectivity index (χ0v) is 19.7. The standard InChI is InChI=1S/C26H25ClF2N2O4/c1-14(32)21-9-16(19-7-5-18(33)6-8-20(19)21)10-24(34)31-13-17(28)11-23(31)26(35)30-12-15-3-2-4-22(27)25(15)29/h2-9,14,17,23,32-33H,10-13H2,1H3,(H,30,35)/t14?,17-,23+/m1/s1. The lowest BCUT2D eigenvalue weighted by atomic mass is 10.0. The molecule has 2 aliphatic carbocycles. The highest BCUT2D eigenvalue weighted by atomic mass is 35.5. The van der Waals surface area contributed by atoms with Crippen molar-refractivity contribution in [2.45, 2.75) is 44.6 Å². The number of halogens is 3. The molecule has 0 radical (unpaired) electrons. The molecule has 1 heterocycles. The fourth-order valence-electron chi connectivity index (χ4n) is 4.50. The van der Waals surface area contributed by atoms with Gasteiger partial charge in [0.2, 0.25) is 11.8 Å². The molecular weight excluding hydrogens is 478 g/mol. The normalized spacial score (nSPS) is 18.6. The van der Waals surface area contributed by atoms with Crippen LogP contribution >= 0.6 is 11.6 Å². The second-order valence-corrected chi connectivity index (χ2v) is 9.13. The number of nitrogens with one attached hydrogen (secondary N) is 1. The predicted octanol–water partition coefficient (Wildman–Crippen LogP) is 4.14. The Hall–Kier alpha value is -3.23. The molecule has 3 N–H and O–H groups in total. The fraction of sp³-hybridized carbons (Fsp3) is 0.308. The molecular formula is C26H25ClF2N2O4. The van der Waals surface area contributed by atoms with Gasteiger partial charge >= 0.3 is 0 Å². The molecule has 2 amide bonds. The Morgan fingerprint density at radius 3 is 2.60 bits per heavy atom. The number of aromatic hydroxyl groups is 1. The highest BCUT2D eigenvalue weighted by Crippen LogP contribution is 2.37. The molecule has 0 aromatic heterocycles. The maximum atomic E-state index is 14.3. The maximum absolute atomic E-state index is 14.3. The number of benzene rings is 1. The first-order valence-electron chi connectivity index (χ1n) is 11.2. The van der Waals surface area contributed by atoms with Crippen molar-refractivity contribution in [2.24, 2.45) is 0 Å². The first-order chi connectivity index (χ1) is 16.7. The highest BCUT2D eigenvalue weighted by Gasteiger charge is 2.40. The molecule has 3 aliphatic rings. The molecule has 3 atom stereocenters. The first-order valence-corrected chi connectivity index (χ1v) is 11.6. The largest absolute Gasteiger partial charge is 0.508 e. The van der Waals surface area contributed by atoms with E-state index in [0.29, 0.717) is 22.3 Å². The third-order valence-electron chi connectivity index (χ3n) is 6.27. The van der Waals surface area contributed by atoms with E-state index in [-0.39, 0.29) is 42.3 Å². The fourth-order valence-corrected chi connectivity index (χ4v) is 4.69. The van der Waals surface area contributed by atoms with E-state index in [2.05, 4.69) is 5.32 Å². The predicted molar refractivity (Wildman–Crippen MR) is 127 cm³/mol. The van der Waals surface area contributed by atoms with E-state index >= 15 is 0 Å². The van der Waals surface area contributed by atoms with Crippen LogP contribution in [0.4, 0.5) is 8.78 Å². The third kappa shape index (κ3) is 5.23. The van der Waals surface area contributed by atoms with E-state index in [9.17, 15) is 28.6 Å². The summed E-state index contributed by atoms with van der Waals surface area (Å²) >= 11 is 5.78. The summed E-state index contributed by atoms with van der Waals surface area (Å²) in [5.74, 6) is -1.64. The van der Waals surface area contributed by atoms with Crippen LogP contribution < -0.4 is 5.32 Å². The van der Waals surface area contributed by atoms with Gasteiger partial charge in [-0.25, -0.2) is 8.78 Å². The molecule has 0 bridgehead atoms. The number of carbonyl (C=O) groups is 2. The summed E-state index contributed by atoms with van der Waals surface area (Å²) in [4.78, 5) is 27.2. The Morgan fingerprint density at radius 2 is 1.89 bits per heavy atom. The minimum Gasteiger partial charge on any atom is -0.508 e. The second kappa shape index (κ2) is 10.2. The van der Waals surface area contributed by atoms with Crippen molar-refractivity contribution in [2.75, 3.05) is 6.54 Å². The van der Waals surface area contributed by atoms with Gasteiger partial charge in [0.05, 0.1) is 24.1 Å². The molecule has 1 aliphatic heterocycles. The average molecular weight is 503 g/mol. The number of carbonyl (C=O) groups excluding carboxylic acids is 2. The van der Waals surface area contributed by atoms with Crippen LogP contribution in [0, 0.1) is 5.82 Å². The van der Waals surface area contributed by atoms with Crippen LogP contribution in [0.2, 0.25) is 5.02 Å². The van der Waals surface area contributed by atoms with E-state index in [0.717, 1.165) is 0 Å². The Labute approximate surface area is 206 Å². The SMILES string of the molecule is CC(O)c1cc(CC(=O)N2C[C@H](F)C[C@H]2C(=O)NCc2cccc(Cl)c2F)c2ccc(O)ccc1-2. The molecule has 6 nitrogen and oxygen atoms in total. The van der Waals surface area contributed by atoms with Crippen molar-refractivity contribution < 1.29 is 28.6 Å². The molecule has 1 saturated heterocycles. The van der Waals surface area contributed by atoms with E-state index in [1.54, 1.807) is 31.2 Å². The van der Waals surface area contributed by atoms with Crippen LogP contribution in [0.5, 0.6) is 5.75 Å². The lowest BCUT2D eigenvalue weighted by Gasteiger charge is -2.24. The number of aliphatic hydroxyl groups is 1. The highest BCUT2D eigenvalue weighted by molar-refractivity contribution is 6.30. The first kappa shape index (κ1) is 24.9. The van der Waals surface area contributed by atoms with Gasteiger partial charge in [0.25, 0.3) is 0 Å². The van der Waals surface area contributed by atoms with Crippen LogP contribution in [0.25, 0.3) is 11.1 Å². The van der Waals surface area contributed by atoms with Crippen molar-refractivity contribution in [1.29, 1.82) is 0 Å². The number of nitrogens with zero attached hydrogens (tertiary/aromatic N) is 1. The number of rotatable bonds is 6. The molecule has 0 saturated carbocycles. The lowest BCUT2D eigenvalue weighted by molar-refractivity contribution is -0.138. The van der Waals surface area contributed by atoms with E-state index in [1.165, 1.54) is 29.2 Å². The Morgan fingerprint density at radius 1 is 1.17 bits per heavy atom. The van der Waals surface area contributed by atoms with E-state index in [4.69, 9.17) is 11.6 Å². The lowest BCUT2D eigenvalue weighted by Crippen LogP contribution is -2.46. The molecule has 35 heavy (non-hydrogen) atoms. The molecule has 1 unspecified atom stereocenters. The Balaban J connectivity index is 1.52. The molecule has 4 rings (SSSR count).